The topological polar surface area (TPSA) is 59.5 Å². The summed E-state index contributed by atoms with van der Waals surface area (Å²) in [5.41, 5.74) is 0.907. The molecular formula is C19H22N2O3S. The highest BCUT2D eigenvalue weighted by atomic mass is 32.1. The fraction of sp³-hybridized carbons (Fsp3) is 0.421. The maximum atomic E-state index is 12.2. The van der Waals surface area contributed by atoms with Gasteiger partial charge in [0.15, 0.2) is 6.61 Å². The zero-order valence-electron chi connectivity index (χ0n) is 14.5. The number of amides is 1. The molecule has 1 aliphatic rings. The standard InChI is InChI=1S/C19H22N2O3S/c1-13-9-14(2)11-21(10-13)18(22)12-24-19(23)8-7-17-20-15-5-3-4-6-16(15)25-17/h3-8,13-14H,9-12H2,1-2H3/b8-7+/t13-,14+. The number of carbonyl (C=O) groups is 2. The minimum atomic E-state index is -0.522. The number of fused-ring (bicyclic) bond motifs is 1. The molecule has 1 aromatic heterocycles. The number of aromatic nitrogens is 1. The second-order valence-corrected chi connectivity index (χ2v) is 7.77. The number of benzene rings is 1. The lowest BCUT2D eigenvalue weighted by atomic mass is 9.92. The van der Waals surface area contributed by atoms with Crippen molar-refractivity contribution in [3.63, 3.8) is 0 Å². The Hall–Kier alpha value is -2.21. The number of nitrogens with zero attached hydrogens (tertiary/aromatic N) is 2. The molecule has 2 atom stereocenters. The summed E-state index contributed by atoms with van der Waals surface area (Å²) in [5, 5.41) is 0.739. The van der Waals surface area contributed by atoms with Crippen molar-refractivity contribution in [1.82, 2.24) is 9.88 Å². The van der Waals surface area contributed by atoms with Gasteiger partial charge in [-0.15, -0.1) is 11.3 Å². The minimum Gasteiger partial charge on any atom is -0.452 e. The van der Waals surface area contributed by atoms with Gasteiger partial charge in [0.25, 0.3) is 5.91 Å². The average molecular weight is 358 g/mol. The lowest BCUT2D eigenvalue weighted by Gasteiger charge is -2.34. The van der Waals surface area contributed by atoms with E-state index in [1.165, 1.54) is 17.4 Å². The number of ether oxygens (including phenoxy) is 1. The second kappa shape index (κ2) is 7.78. The smallest absolute Gasteiger partial charge is 0.331 e. The SMILES string of the molecule is C[C@@H]1C[C@H](C)CN(C(=O)COC(=O)/C=C/c2nc3ccccc3s2)C1. The molecule has 3 rings (SSSR count). The molecule has 0 aliphatic carbocycles. The van der Waals surface area contributed by atoms with Crippen LogP contribution in [-0.2, 0) is 14.3 Å². The summed E-state index contributed by atoms with van der Waals surface area (Å²) >= 11 is 1.51. The quantitative estimate of drug-likeness (QED) is 0.621. The number of piperidine rings is 1. The Morgan fingerprint density at radius 3 is 2.72 bits per heavy atom. The Labute approximate surface area is 151 Å². The van der Waals surface area contributed by atoms with Gasteiger partial charge in [0.1, 0.15) is 5.01 Å². The van der Waals surface area contributed by atoms with Crippen molar-refractivity contribution in [2.75, 3.05) is 19.7 Å². The molecule has 6 heteroatoms. The third-order valence-electron chi connectivity index (χ3n) is 4.23. The number of rotatable bonds is 4. The van der Waals surface area contributed by atoms with Crippen LogP contribution in [0.3, 0.4) is 0 Å². The van der Waals surface area contributed by atoms with E-state index in [1.54, 1.807) is 11.0 Å². The number of para-hydroxylation sites is 1. The summed E-state index contributed by atoms with van der Waals surface area (Å²) in [6, 6.07) is 7.80. The van der Waals surface area contributed by atoms with E-state index in [0.29, 0.717) is 11.8 Å². The van der Waals surface area contributed by atoms with Gasteiger partial charge in [0.2, 0.25) is 0 Å². The first kappa shape index (κ1) is 17.6. The molecule has 132 valence electrons. The van der Waals surface area contributed by atoms with Gasteiger partial charge in [0.05, 0.1) is 10.2 Å². The van der Waals surface area contributed by atoms with E-state index in [-0.39, 0.29) is 12.5 Å². The minimum absolute atomic E-state index is 0.125. The van der Waals surface area contributed by atoms with Crippen molar-refractivity contribution in [2.24, 2.45) is 11.8 Å². The van der Waals surface area contributed by atoms with Crippen LogP contribution in [0.5, 0.6) is 0 Å². The number of hydrogen-bond donors (Lipinski definition) is 0. The number of thiazole rings is 1. The highest BCUT2D eigenvalue weighted by Gasteiger charge is 2.25. The van der Waals surface area contributed by atoms with Gasteiger partial charge >= 0.3 is 5.97 Å². The molecule has 1 aromatic carbocycles. The predicted molar refractivity (Wildman–Crippen MR) is 99.1 cm³/mol. The van der Waals surface area contributed by atoms with Crippen molar-refractivity contribution >= 4 is 39.5 Å². The van der Waals surface area contributed by atoms with Gasteiger partial charge in [-0.2, -0.15) is 0 Å². The predicted octanol–water partition coefficient (Wildman–Crippen LogP) is 3.36. The van der Waals surface area contributed by atoms with E-state index in [0.717, 1.165) is 34.7 Å². The molecule has 0 unspecified atom stereocenters. The summed E-state index contributed by atoms with van der Waals surface area (Å²) in [6.07, 6.45) is 4.09. The van der Waals surface area contributed by atoms with Crippen molar-refractivity contribution in [3.8, 4) is 0 Å². The zero-order valence-corrected chi connectivity index (χ0v) is 15.3. The van der Waals surface area contributed by atoms with Gasteiger partial charge < -0.3 is 9.64 Å². The molecule has 1 saturated heterocycles. The van der Waals surface area contributed by atoms with Crippen LogP contribution in [0, 0.1) is 11.8 Å². The van der Waals surface area contributed by atoms with Crippen LogP contribution in [0.15, 0.2) is 30.3 Å². The van der Waals surface area contributed by atoms with E-state index in [9.17, 15) is 9.59 Å². The number of esters is 1. The first-order valence-electron chi connectivity index (χ1n) is 8.49. The van der Waals surface area contributed by atoms with Crippen LogP contribution >= 0.6 is 11.3 Å². The average Bonchev–Trinajstić information content (AvgIpc) is 3.00. The van der Waals surface area contributed by atoms with E-state index >= 15 is 0 Å². The van der Waals surface area contributed by atoms with Gasteiger partial charge in [-0.3, -0.25) is 4.79 Å². The third-order valence-corrected chi connectivity index (χ3v) is 5.23. The van der Waals surface area contributed by atoms with Crippen LogP contribution in [0.25, 0.3) is 16.3 Å². The van der Waals surface area contributed by atoms with E-state index < -0.39 is 5.97 Å². The lowest BCUT2D eigenvalue weighted by molar-refractivity contribution is -0.149. The molecule has 2 heterocycles. The molecule has 25 heavy (non-hydrogen) atoms. The van der Waals surface area contributed by atoms with Gasteiger partial charge in [-0.25, -0.2) is 9.78 Å². The summed E-state index contributed by atoms with van der Waals surface area (Å²) < 4.78 is 6.15. The first-order valence-corrected chi connectivity index (χ1v) is 9.31. The van der Waals surface area contributed by atoms with Crippen LogP contribution in [0.1, 0.15) is 25.3 Å². The summed E-state index contributed by atoms with van der Waals surface area (Å²) in [6.45, 7) is 5.55. The Balaban J connectivity index is 1.51. The van der Waals surface area contributed by atoms with Crippen LogP contribution in [0.4, 0.5) is 0 Å². The fourth-order valence-electron chi connectivity index (χ4n) is 3.24. The third kappa shape index (κ3) is 4.66. The second-order valence-electron chi connectivity index (χ2n) is 6.71. The maximum absolute atomic E-state index is 12.2. The molecule has 5 nitrogen and oxygen atoms in total. The Morgan fingerprint density at radius 1 is 1.28 bits per heavy atom. The summed E-state index contributed by atoms with van der Waals surface area (Å²) in [5.74, 6) is 0.329. The molecule has 0 radical (unpaired) electrons. The molecular weight excluding hydrogens is 336 g/mol. The van der Waals surface area contributed by atoms with E-state index in [2.05, 4.69) is 18.8 Å². The van der Waals surface area contributed by atoms with Gasteiger partial charge in [0, 0.05) is 19.2 Å². The Morgan fingerprint density at radius 2 is 2.00 bits per heavy atom. The maximum Gasteiger partial charge on any atom is 0.331 e. The normalized spacial score (nSPS) is 21.0. The van der Waals surface area contributed by atoms with Crippen molar-refractivity contribution in [3.05, 3.63) is 35.3 Å². The molecule has 0 spiro atoms. The fourth-order valence-corrected chi connectivity index (χ4v) is 4.11. The van der Waals surface area contributed by atoms with Crippen molar-refractivity contribution in [2.45, 2.75) is 20.3 Å². The Kier molecular flexibility index (Phi) is 5.48. The number of likely N-dealkylation sites (tertiary alicyclic amines) is 1. The monoisotopic (exact) mass is 358 g/mol. The molecule has 0 saturated carbocycles. The largest absolute Gasteiger partial charge is 0.452 e. The molecule has 1 aliphatic heterocycles. The molecule has 1 fully saturated rings. The van der Waals surface area contributed by atoms with Crippen molar-refractivity contribution < 1.29 is 14.3 Å². The zero-order chi connectivity index (χ0) is 17.8. The van der Waals surface area contributed by atoms with E-state index in [1.807, 2.05) is 24.3 Å². The van der Waals surface area contributed by atoms with Crippen LogP contribution < -0.4 is 0 Å². The summed E-state index contributed by atoms with van der Waals surface area (Å²) in [4.78, 5) is 30.3. The van der Waals surface area contributed by atoms with Crippen LogP contribution in [-0.4, -0.2) is 41.5 Å². The van der Waals surface area contributed by atoms with Gasteiger partial charge in [-0.05, 0) is 36.5 Å². The molecule has 0 N–H and O–H groups in total. The first-order chi connectivity index (χ1) is 12.0. The molecule has 0 bridgehead atoms. The molecule has 1 amide bonds. The van der Waals surface area contributed by atoms with Crippen molar-refractivity contribution in [1.29, 1.82) is 0 Å². The van der Waals surface area contributed by atoms with Gasteiger partial charge in [-0.1, -0.05) is 26.0 Å². The highest BCUT2D eigenvalue weighted by Crippen LogP contribution is 2.22. The van der Waals surface area contributed by atoms with Crippen LogP contribution in [0.2, 0.25) is 0 Å². The lowest BCUT2D eigenvalue weighted by Crippen LogP contribution is -2.44. The number of carbonyl (C=O) groups excluding carboxylic acids is 2. The number of hydrogen-bond acceptors (Lipinski definition) is 5. The van der Waals surface area contributed by atoms with E-state index in [4.69, 9.17) is 4.74 Å². The molecule has 2 aromatic rings. The Bertz CT molecular complexity index is 756. The highest BCUT2D eigenvalue weighted by molar-refractivity contribution is 7.19. The summed E-state index contributed by atoms with van der Waals surface area (Å²) in [7, 11) is 0.